The van der Waals surface area contributed by atoms with Crippen LogP contribution in [-0.4, -0.2) is 11.5 Å². The minimum atomic E-state index is 0.270. The summed E-state index contributed by atoms with van der Waals surface area (Å²) in [5, 5.41) is 5.15. The van der Waals surface area contributed by atoms with Crippen LogP contribution in [0.5, 0.6) is 0 Å². The molecule has 0 saturated carbocycles. The van der Waals surface area contributed by atoms with E-state index >= 15 is 0 Å². The van der Waals surface area contributed by atoms with Crippen LogP contribution in [-0.2, 0) is 6.42 Å². The first-order valence-corrected chi connectivity index (χ1v) is 8.47. The van der Waals surface area contributed by atoms with Crippen LogP contribution >= 0.6 is 0 Å². The number of aryl methyl sites for hydroxylation is 4. The number of H-pyrrole nitrogens is 1. The monoisotopic (exact) mass is 304 g/mol. The van der Waals surface area contributed by atoms with Gasteiger partial charge in [-0.15, -0.1) is 0 Å². The first-order chi connectivity index (χ1) is 11.1. The molecule has 1 aromatic heterocycles. The number of hydrogen-bond acceptors (Lipinski definition) is 1. The highest BCUT2D eigenvalue weighted by atomic mass is 15.0. The Balaban J connectivity index is 1.97. The van der Waals surface area contributed by atoms with Crippen molar-refractivity contribution in [2.24, 2.45) is 0 Å². The van der Waals surface area contributed by atoms with Crippen molar-refractivity contribution in [3.05, 3.63) is 69.4 Å². The van der Waals surface area contributed by atoms with Gasteiger partial charge in [0.15, 0.2) is 0 Å². The number of hydrogen-bond donors (Lipinski definition) is 2. The predicted octanol–water partition coefficient (Wildman–Crippen LogP) is 4.64. The zero-order valence-electron chi connectivity index (χ0n) is 14.4. The summed E-state index contributed by atoms with van der Waals surface area (Å²) in [6, 6.07) is 11.5. The highest BCUT2D eigenvalue weighted by Gasteiger charge is 2.27. The van der Waals surface area contributed by atoms with Crippen molar-refractivity contribution >= 4 is 10.9 Å². The van der Waals surface area contributed by atoms with Gasteiger partial charge in [-0.05, 0) is 68.0 Å². The van der Waals surface area contributed by atoms with Gasteiger partial charge in [0.05, 0.1) is 6.04 Å². The van der Waals surface area contributed by atoms with Gasteiger partial charge >= 0.3 is 0 Å². The van der Waals surface area contributed by atoms with Crippen molar-refractivity contribution in [3.63, 3.8) is 0 Å². The summed E-state index contributed by atoms with van der Waals surface area (Å²) < 4.78 is 0. The first kappa shape index (κ1) is 14.5. The zero-order valence-corrected chi connectivity index (χ0v) is 14.4. The van der Waals surface area contributed by atoms with E-state index < -0.39 is 0 Å². The fraction of sp³-hybridized carbons (Fsp3) is 0.333. The molecule has 2 heterocycles. The molecule has 0 radical (unpaired) electrons. The summed E-state index contributed by atoms with van der Waals surface area (Å²) in [5.41, 5.74) is 11.0. The second kappa shape index (κ2) is 5.24. The normalized spacial score (nSPS) is 17.5. The molecular formula is C21H24N2. The Kier molecular flexibility index (Phi) is 3.31. The second-order valence-electron chi connectivity index (χ2n) is 6.96. The highest BCUT2D eigenvalue weighted by molar-refractivity contribution is 5.88. The van der Waals surface area contributed by atoms with Gasteiger partial charge in [0.25, 0.3) is 0 Å². The number of nitrogens with one attached hydrogen (secondary N) is 2. The summed E-state index contributed by atoms with van der Waals surface area (Å²) in [5.74, 6) is 0. The molecule has 23 heavy (non-hydrogen) atoms. The van der Waals surface area contributed by atoms with E-state index in [1.165, 1.54) is 50.0 Å². The van der Waals surface area contributed by atoms with Gasteiger partial charge in [-0.25, -0.2) is 0 Å². The lowest BCUT2D eigenvalue weighted by atomic mass is 9.89. The maximum absolute atomic E-state index is 3.75. The molecule has 0 bridgehead atoms. The highest BCUT2D eigenvalue weighted by Crippen LogP contribution is 2.37. The van der Waals surface area contributed by atoms with E-state index in [-0.39, 0.29) is 6.04 Å². The minimum absolute atomic E-state index is 0.270. The first-order valence-electron chi connectivity index (χ1n) is 8.47. The molecular weight excluding hydrogens is 280 g/mol. The van der Waals surface area contributed by atoms with Crippen molar-refractivity contribution in [2.45, 2.75) is 40.2 Å². The Labute approximate surface area is 137 Å². The van der Waals surface area contributed by atoms with Crippen molar-refractivity contribution in [1.82, 2.24) is 10.3 Å². The minimum Gasteiger partial charge on any atom is -0.356 e. The van der Waals surface area contributed by atoms with Crippen LogP contribution in [0.3, 0.4) is 0 Å². The van der Waals surface area contributed by atoms with E-state index in [2.05, 4.69) is 68.3 Å². The number of aromatic nitrogens is 1. The second-order valence-corrected chi connectivity index (χ2v) is 6.96. The largest absolute Gasteiger partial charge is 0.356 e. The van der Waals surface area contributed by atoms with Crippen LogP contribution in [0.25, 0.3) is 10.9 Å². The van der Waals surface area contributed by atoms with E-state index in [4.69, 9.17) is 0 Å². The maximum atomic E-state index is 3.75. The number of benzene rings is 2. The van der Waals surface area contributed by atoms with Gasteiger partial charge in [-0.3, -0.25) is 0 Å². The van der Waals surface area contributed by atoms with Gasteiger partial charge in [0, 0.05) is 23.1 Å². The average Bonchev–Trinajstić information content (AvgIpc) is 2.87. The summed E-state index contributed by atoms with van der Waals surface area (Å²) in [4.78, 5) is 3.75. The molecule has 3 aromatic rings. The van der Waals surface area contributed by atoms with Gasteiger partial charge in [0.1, 0.15) is 0 Å². The van der Waals surface area contributed by atoms with E-state index in [0.717, 1.165) is 13.0 Å². The molecule has 1 unspecified atom stereocenters. The van der Waals surface area contributed by atoms with E-state index in [0.29, 0.717) is 0 Å². The third-order valence-electron chi connectivity index (χ3n) is 5.23. The van der Waals surface area contributed by atoms with E-state index in [1.54, 1.807) is 0 Å². The molecule has 0 amide bonds. The summed E-state index contributed by atoms with van der Waals surface area (Å²) in [6.07, 6.45) is 1.10. The average molecular weight is 304 g/mol. The molecule has 4 rings (SSSR count). The van der Waals surface area contributed by atoms with Crippen LogP contribution in [0, 0.1) is 27.7 Å². The summed E-state index contributed by atoms with van der Waals surface area (Å²) >= 11 is 0. The lowest BCUT2D eigenvalue weighted by Gasteiger charge is -2.27. The summed E-state index contributed by atoms with van der Waals surface area (Å²) in [7, 11) is 0. The Morgan fingerprint density at radius 1 is 0.957 bits per heavy atom. The van der Waals surface area contributed by atoms with Crippen molar-refractivity contribution in [3.8, 4) is 0 Å². The van der Waals surface area contributed by atoms with Gasteiger partial charge < -0.3 is 10.3 Å². The Morgan fingerprint density at radius 2 is 1.70 bits per heavy atom. The molecule has 2 nitrogen and oxygen atoms in total. The van der Waals surface area contributed by atoms with Gasteiger partial charge in [-0.1, -0.05) is 29.8 Å². The van der Waals surface area contributed by atoms with Crippen molar-refractivity contribution in [2.75, 3.05) is 6.54 Å². The van der Waals surface area contributed by atoms with Crippen LogP contribution in [0.2, 0.25) is 0 Å². The molecule has 2 N–H and O–H groups in total. The molecule has 0 saturated heterocycles. The fourth-order valence-electron chi connectivity index (χ4n) is 4.22. The number of rotatable bonds is 1. The Morgan fingerprint density at radius 3 is 2.43 bits per heavy atom. The van der Waals surface area contributed by atoms with Crippen LogP contribution in [0.1, 0.15) is 45.1 Å². The fourth-order valence-corrected chi connectivity index (χ4v) is 4.22. The third kappa shape index (κ3) is 2.21. The predicted molar refractivity (Wildman–Crippen MR) is 97.2 cm³/mol. The van der Waals surface area contributed by atoms with Gasteiger partial charge in [-0.2, -0.15) is 0 Å². The molecule has 2 aromatic carbocycles. The molecule has 1 aliphatic rings. The maximum Gasteiger partial charge on any atom is 0.0737 e. The molecule has 0 aliphatic carbocycles. The third-order valence-corrected chi connectivity index (χ3v) is 5.23. The lowest BCUT2D eigenvalue weighted by molar-refractivity contribution is 0.556. The number of aromatic amines is 1. The molecule has 2 heteroatoms. The smallest absolute Gasteiger partial charge is 0.0737 e. The SMILES string of the molecule is Cc1cc(C)c2[nH]c3c(c2c1)CCNC3c1c(C)cccc1C. The Hall–Kier alpha value is -2.06. The van der Waals surface area contributed by atoms with E-state index in [9.17, 15) is 0 Å². The lowest BCUT2D eigenvalue weighted by Crippen LogP contribution is -2.31. The van der Waals surface area contributed by atoms with Crippen molar-refractivity contribution < 1.29 is 0 Å². The molecule has 0 spiro atoms. The molecule has 0 fully saturated rings. The molecule has 1 aliphatic heterocycles. The standard InChI is InChI=1S/C21H24N2/c1-12-10-15(4)19-17(11-12)16-8-9-22-21(20(16)23-19)18-13(2)6-5-7-14(18)3/h5-7,10-11,21-23H,8-9H2,1-4H3. The van der Waals surface area contributed by atoms with Gasteiger partial charge in [0.2, 0.25) is 0 Å². The van der Waals surface area contributed by atoms with E-state index in [1.807, 2.05) is 0 Å². The van der Waals surface area contributed by atoms with Crippen LogP contribution in [0.15, 0.2) is 30.3 Å². The van der Waals surface area contributed by atoms with Crippen molar-refractivity contribution in [1.29, 1.82) is 0 Å². The Bertz CT molecular complexity index is 882. The van der Waals surface area contributed by atoms with Crippen LogP contribution in [0.4, 0.5) is 0 Å². The quantitative estimate of drug-likeness (QED) is 0.673. The summed E-state index contributed by atoms with van der Waals surface area (Å²) in [6.45, 7) is 9.87. The molecule has 1 atom stereocenters. The molecule has 118 valence electrons. The number of fused-ring (bicyclic) bond motifs is 3. The topological polar surface area (TPSA) is 27.8 Å². The van der Waals surface area contributed by atoms with Crippen LogP contribution < -0.4 is 5.32 Å². The zero-order chi connectivity index (χ0) is 16.1.